The van der Waals surface area contributed by atoms with Gasteiger partial charge in [-0.05, 0) is 13.0 Å². The molecular weight excluding hydrogens is 222 g/mol. The Balaban J connectivity index is 2.51. The van der Waals surface area contributed by atoms with E-state index in [4.69, 9.17) is 10.3 Å². The molecule has 1 heterocycles. The van der Waals surface area contributed by atoms with Gasteiger partial charge in [0.1, 0.15) is 0 Å². The molecule has 4 nitrogen and oxygen atoms in total. The number of rotatable bonds is 5. The summed E-state index contributed by atoms with van der Waals surface area (Å²) in [6, 6.07) is 0. The standard InChI is InChI=1S/C11H21N3OS/c1-8(5-6-12)10-13-9(14-15-10)7-16-11(2,3)4/h8H,5-7,12H2,1-4H3. The number of nitrogens with two attached hydrogens (primary N) is 1. The van der Waals surface area contributed by atoms with Crippen molar-refractivity contribution in [3.05, 3.63) is 11.7 Å². The maximum atomic E-state index is 5.50. The normalized spacial score (nSPS) is 14.1. The van der Waals surface area contributed by atoms with Crippen molar-refractivity contribution in [2.45, 2.75) is 50.5 Å². The van der Waals surface area contributed by atoms with Crippen LogP contribution in [0, 0.1) is 0 Å². The fourth-order valence-electron chi connectivity index (χ4n) is 1.18. The molecule has 2 N–H and O–H groups in total. The van der Waals surface area contributed by atoms with Crippen molar-refractivity contribution in [1.29, 1.82) is 0 Å². The third-order valence-electron chi connectivity index (χ3n) is 2.14. The zero-order valence-corrected chi connectivity index (χ0v) is 11.3. The van der Waals surface area contributed by atoms with Crippen molar-refractivity contribution in [2.24, 2.45) is 5.73 Å². The molecule has 1 unspecified atom stereocenters. The molecule has 0 saturated heterocycles. The molecule has 16 heavy (non-hydrogen) atoms. The maximum absolute atomic E-state index is 5.50. The minimum Gasteiger partial charge on any atom is -0.339 e. The van der Waals surface area contributed by atoms with Crippen LogP contribution in [-0.4, -0.2) is 21.4 Å². The summed E-state index contributed by atoms with van der Waals surface area (Å²) in [6.45, 7) is 9.23. The fraction of sp³-hybridized carbons (Fsp3) is 0.818. The highest BCUT2D eigenvalue weighted by Crippen LogP contribution is 2.26. The van der Waals surface area contributed by atoms with Crippen LogP contribution in [0.5, 0.6) is 0 Å². The lowest BCUT2D eigenvalue weighted by molar-refractivity contribution is 0.352. The molecule has 1 rings (SSSR count). The molecule has 0 spiro atoms. The SMILES string of the molecule is CC(CCN)c1nc(CSC(C)(C)C)no1. The molecule has 0 aliphatic carbocycles. The van der Waals surface area contributed by atoms with Crippen molar-refractivity contribution in [3.8, 4) is 0 Å². The summed E-state index contributed by atoms with van der Waals surface area (Å²) in [6.07, 6.45) is 0.883. The summed E-state index contributed by atoms with van der Waals surface area (Å²) < 4.78 is 5.44. The molecular formula is C11H21N3OS. The quantitative estimate of drug-likeness (QED) is 0.861. The summed E-state index contributed by atoms with van der Waals surface area (Å²) in [5.41, 5.74) is 5.50. The molecule has 1 atom stereocenters. The van der Waals surface area contributed by atoms with E-state index in [1.807, 2.05) is 11.8 Å². The van der Waals surface area contributed by atoms with E-state index in [1.54, 1.807) is 0 Å². The lowest BCUT2D eigenvalue weighted by Gasteiger charge is -2.15. The van der Waals surface area contributed by atoms with Gasteiger partial charge in [-0.15, -0.1) is 11.8 Å². The predicted octanol–water partition coefficient (Wildman–Crippen LogP) is 2.55. The van der Waals surface area contributed by atoms with Gasteiger partial charge in [0, 0.05) is 10.7 Å². The summed E-state index contributed by atoms with van der Waals surface area (Å²) in [7, 11) is 0. The van der Waals surface area contributed by atoms with Crippen LogP contribution in [0.1, 0.15) is 51.7 Å². The Morgan fingerprint density at radius 2 is 2.12 bits per heavy atom. The van der Waals surface area contributed by atoms with Gasteiger partial charge in [0.05, 0.1) is 5.75 Å². The third kappa shape index (κ3) is 4.53. The summed E-state index contributed by atoms with van der Waals surface area (Å²) in [5, 5.41) is 3.97. The first-order valence-corrected chi connectivity index (χ1v) is 6.57. The van der Waals surface area contributed by atoms with Crippen LogP contribution in [0.2, 0.25) is 0 Å². The van der Waals surface area contributed by atoms with E-state index in [2.05, 4.69) is 37.8 Å². The highest BCUT2D eigenvalue weighted by Gasteiger charge is 2.16. The number of thioether (sulfide) groups is 1. The predicted molar refractivity (Wildman–Crippen MR) is 67.4 cm³/mol. The van der Waals surface area contributed by atoms with E-state index in [0.29, 0.717) is 12.4 Å². The topological polar surface area (TPSA) is 64.9 Å². The Kier molecular flexibility index (Phi) is 4.80. The molecule has 0 bridgehead atoms. The van der Waals surface area contributed by atoms with Crippen LogP contribution < -0.4 is 5.73 Å². The van der Waals surface area contributed by atoms with Crippen LogP contribution in [0.3, 0.4) is 0 Å². The van der Waals surface area contributed by atoms with Crippen LogP contribution in [0.25, 0.3) is 0 Å². The molecule has 0 amide bonds. The van der Waals surface area contributed by atoms with Crippen molar-refractivity contribution >= 4 is 11.8 Å². The minimum absolute atomic E-state index is 0.226. The Morgan fingerprint density at radius 1 is 1.44 bits per heavy atom. The van der Waals surface area contributed by atoms with E-state index < -0.39 is 0 Å². The van der Waals surface area contributed by atoms with Crippen LogP contribution in [0.15, 0.2) is 4.52 Å². The van der Waals surface area contributed by atoms with E-state index in [-0.39, 0.29) is 10.7 Å². The van der Waals surface area contributed by atoms with Gasteiger partial charge in [0.2, 0.25) is 5.89 Å². The first-order chi connectivity index (χ1) is 7.42. The highest BCUT2D eigenvalue weighted by molar-refractivity contribution is 7.99. The van der Waals surface area contributed by atoms with Gasteiger partial charge in [0.25, 0.3) is 0 Å². The highest BCUT2D eigenvalue weighted by atomic mass is 32.2. The maximum Gasteiger partial charge on any atom is 0.229 e. The molecule has 0 aromatic carbocycles. The first-order valence-electron chi connectivity index (χ1n) is 5.59. The average Bonchev–Trinajstić information content (AvgIpc) is 2.62. The van der Waals surface area contributed by atoms with Gasteiger partial charge >= 0.3 is 0 Å². The monoisotopic (exact) mass is 243 g/mol. The van der Waals surface area contributed by atoms with Crippen molar-refractivity contribution < 1.29 is 4.52 Å². The summed E-state index contributed by atoms with van der Waals surface area (Å²) in [5.74, 6) is 2.53. The van der Waals surface area contributed by atoms with Gasteiger partial charge in [-0.25, -0.2) is 0 Å². The van der Waals surface area contributed by atoms with Crippen molar-refractivity contribution in [2.75, 3.05) is 6.54 Å². The molecule has 0 radical (unpaired) electrons. The van der Waals surface area contributed by atoms with Gasteiger partial charge in [-0.3, -0.25) is 0 Å². The molecule has 0 saturated carbocycles. The lowest BCUT2D eigenvalue weighted by Crippen LogP contribution is -2.08. The van der Waals surface area contributed by atoms with Crippen LogP contribution in [0.4, 0.5) is 0 Å². The van der Waals surface area contributed by atoms with Gasteiger partial charge in [-0.2, -0.15) is 4.98 Å². The second-order valence-corrected chi connectivity index (χ2v) is 6.73. The molecule has 0 aliphatic rings. The molecule has 1 aromatic heterocycles. The Labute approximate surface area is 101 Å². The van der Waals surface area contributed by atoms with Crippen LogP contribution in [-0.2, 0) is 5.75 Å². The smallest absolute Gasteiger partial charge is 0.229 e. The number of nitrogens with zero attached hydrogens (tertiary/aromatic N) is 2. The number of hydrogen-bond donors (Lipinski definition) is 1. The Morgan fingerprint density at radius 3 is 2.69 bits per heavy atom. The summed E-state index contributed by atoms with van der Waals surface area (Å²) >= 11 is 1.82. The summed E-state index contributed by atoms with van der Waals surface area (Å²) in [4.78, 5) is 4.38. The van der Waals surface area contributed by atoms with Crippen molar-refractivity contribution in [3.63, 3.8) is 0 Å². The molecule has 92 valence electrons. The van der Waals surface area contributed by atoms with Gasteiger partial charge in [-0.1, -0.05) is 32.9 Å². The van der Waals surface area contributed by atoms with Gasteiger partial charge < -0.3 is 10.3 Å². The second kappa shape index (κ2) is 5.68. The third-order valence-corrected chi connectivity index (χ3v) is 3.41. The molecule has 0 fully saturated rings. The fourth-order valence-corrected chi connectivity index (χ4v) is 1.86. The second-order valence-electron chi connectivity index (χ2n) is 4.93. The molecule has 0 aliphatic heterocycles. The van der Waals surface area contributed by atoms with E-state index in [1.165, 1.54) is 0 Å². The Bertz CT molecular complexity index is 319. The minimum atomic E-state index is 0.226. The Hall–Kier alpha value is -0.550. The van der Waals surface area contributed by atoms with Gasteiger partial charge in [0.15, 0.2) is 5.82 Å². The largest absolute Gasteiger partial charge is 0.339 e. The van der Waals surface area contributed by atoms with E-state index in [0.717, 1.165) is 18.0 Å². The molecule has 5 heteroatoms. The average molecular weight is 243 g/mol. The zero-order valence-electron chi connectivity index (χ0n) is 10.5. The molecule has 1 aromatic rings. The van der Waals surface area contributed by atoms with Crippen molar-refractivity contribution in [1.82, 2.24) is 10.1 Å². The van der Waals surface area contributed by atoms with E-state index >= 15 is 0 Å². The zero-order chi connectivity index (χ0) is 12.2. The van der Waals surface area contributed by atoms with E-state index in [9.17, 15) is 0 Å². The number of aromatic nitrogens is 2. The van der Waals surface area contributed by atoms with Crippen LogP contribution >= 0.6 is 11.8 Å². The first kappa shape index (κ1) is 13.5. The number of hydrogen-bond acceptors (Lipinski definition) is 5. The lowest BCUT2D eigenvalue weighted by atomic mass is 10.1.